The number of aryl methyl sites for hydroxylation is 2. The van der Waals surface area contributed by atoms with Crippen molar-refractivity contribution in [1.82, 2.24) is 15.1 Å². The van der Waals surface area contributed by atoms with Crippen LogP contribution in [-0.2, 0) is 6.54 Å². The summed E-state index contributed by atoms with van der Waals surface area (Å²) in [5.41, 5.74) is 3.02. The van der Waals surface area contributed by atoms with E-state index in [1.165, 1.54) is 0 Å². The van der Waals surface area contributed by atoms with Crippen molar-refractivity contribution >= 4 is 17.6 Å². The van der Waals surface area contributed by atoms with Crippen molar-refractivity contribution in [3.8, 4) is 11.4 Å². The minimum Gasteiger partial charge on any atom is -0.333 e. The van der Waals surface area contributed by atoms with Gasteiger partial charge in [0.15, 0.2) is 0 Å². The SMILES string of the molecule is Cc1cc(C)c(CNc2nc(-c3cccc(Cl)c3)no2)c(=O)[nH]1. The molecule has 0 saturated heterocycles. The molecule has 2 aromatic heterocycles. The Balaban J connectivity index is 1.77. The highest BCUT2D eigenvalue weighted by Crippen LogP contribution is 2.21. The van der Waals surface area contributed by atoms with Crippen LogP contribution in [0.1, 0.15) is 16.8 Å². The molecule has 7 heteroatoms. The third kappa shape index (κ3) is 3.43. The number of H-pyrrole nitrogens is 1. The molecule has 23 heavy (non-hydrogen) atoms. The summed E-state index contributed by atoms with van der Waals surface area (Å²) in [5.74, 6) is 0.435. The Morgan fingerprint density at radius 2 is 2.13 bits per heavy atom. The zero-order valence-electron chi connectivity index (χ0n) is 12.7. The molecule has 0 aliphatic rings. The second kappa shape index (κ2) is 6.26. The number of nitrogens with one attached hydrogen (secondary N) is 2. The van der Waals surface area contributed by atoms with E-state index in [0.29, 0.717) is 23.0 Å². The summed E-state index contributed by atoms with van der Waals surface area (Å²) in [6, 6.07) is 9.36. The highest BCUT2D eigenvalue weighted by Gasteiger charge is 2.10. The van der Waals surface area contributed by atoms with Gasteiger partial charge >= 0.3 is 6.01 Å². The number of aromatic amines is 1. The second-order valence-corrected chi connectivity index (χ2v) is 5.67. The van der Waals surface area contributed by atoms with Crippen molar-refractivity contribution < 1.29 is 4.52 Å². The summed E-state index contributed by atoms with van der Waals surface area (Å²) in [6.07, 6.45) is 0. The maximum Gasteiger partial charge on any atom is 0.322 e. The third-order valence-corrected chi connectivity index (χ3v) is 3.65. The molecule has 0 saturated carbocycles. The van der Waals surface area contributed by atoms with Gasteiger partial charge in [0.2, 0.25) is 5.82 Å². The van der Waals surface area contributed by atoms with Crippen molar-refractivity contribution in [2.75, 3.05) is 5.32 Å². The largest absolute Gasteiger partial charge is 0.333 e. The average molecular weight is 331 g/mol. The molecule has 3 rings (SSSR count). The van der Waals surface area contributed by atoms with Gasteiger partial charge in [-0.3, -0.25) is 4.79 Å². The maximum absolute atomic E-state index is 12.0. The first kappa shape index (κ1) is 15.3. The van der Waals surface area contributed by atoms with E-state index in [0.717, 1.165) is 16.8 Å². The molecule has 0 bridgehead atoms. The van der Waals surface area contributed by atoms with Gasteiger partial charge < -0.3 is 14.8 Å². The number of halogens is 1. The molecule has 2 N–H and O–H groups in total. The van der Waals surface area contributed by atoms with Gasteiger partial charge in [0.25, 0.3) is 5.56 Å². The molecule has 118 valence electrons. The lowest BCUT2D eigenvalue weighted by molar-refractivity contribution is 0.432. The van der Waals surface area contributed by atoms with E-state index in [1.807, 2.05) is 32.0 Å². The Kier molecular flexibility index (Phi) is 4.16. The number of hydrogen-bond donors (Lipinski definition) is 2. The van der Waals surface area contributed by atoms with E-state index < -0.39 is 0 Å². The molecule has 0 unspecified atom stereocenters. The fourth-order valence-corrected chi connectivity index (χ4v) is 2.50. The Hall–Kier alpha value is -2.60. The molecule has 0 fully saturated rings. The summed E-state index contributed by atoms with van der Waals surface area (Å²) in [4.78, 5) is 19.0. The first-order chi connectivity index (χ1) is 11.0. The molecule has 0 aliphatic carbocycles. The van der Waals surface area contributed by atoms with Gasteiger partial charge in [-0.2, -0.15) is 4.98 Å². The number of aromatic nitrogens is 3. The Bertz CT molecular complexity index is 901. The topological polar surface area (TPSA) is 83.8 Å². The van der Waals surface area contributed by atoms with Gasteiger partial charge in [-0.25, -0.2) is 0 Å². The monoisotopic (exact) mass is 330 g/mol. The summed E-state index contributed by atoms with van der Waals surface area (Å²) < 4.78 is 5.16. The molecular formula is C16H15ClN4O2. The van der Waals surface area contributed by atoms with E-state index in [1.54, 1.807) is 12.1 Å². The van der Waals surface area contributed by atoms with E-state index in [-0.39, 0.29) is 11.6 Å². The number of rotatable bonds is 4. The predicted molar refractivity (Wildman–Crippen MR) is 88.6 cm³/mol. The smallest absolute Gasteiger partial charge is 0.322 e. The van der Waals surface area contributed by atoms with Crippen LogP contribution in [0.2, 0.25) is 5.02 Å². The number of anilines is 1. The number of benzene rings is 1. The predicted octanol–water partition coefficient (Wildman–Crippen LogP) is 3.31. The molecule has 6 nitrogen and oxygen atoms in total. The first-order valence-electron chi connectivity index (χ1n) is 7.06. The zero-order chi connectivity index (χ0) is 16.4. The Labute approximate surface area is 137 Å². The van der Waals surface area contributed by atoms with Crippen molar-refractivity contribution in [1.29, 1.82) is 0 Å². The van der Waals surface area contributed by atoms with E-state index in [4.69, 9.17) is 16.1 Å². The molecule has 0 aliphatic heterocycles. The van der Waals surface area contributed by atoms with Crippen LogP contribution in [0.3, 0.4) is 0 Å². The quantitative estimate of drug-likeness (QED) is 0.766. The minimum atomic E-state index is -0.121. The van der Waals surface area contributed by atoms with Crippen molar-refractivity contribution in [3.63, 3.8) is 0 Å². The van der Waals surface area contributed by atoms with Gasteiger partial charge in [-0.05, 0) is 37.6 Å². The van der Waals surface area contributed by atoms with Crippen LogP contribution in [-0.4, -0.2) is 15.1 Å². The van der Waals surface area contributed by atoms with Crippen LogP contribution >= 0.6 is 11.6 Å². The van der Waals surface area contributed by atoms with Gasteiger partial charge in [0, 0.05) is 21.8 Å². The van der Waals surface area contributed by atoms with Crippen LogP contribution in [0, 0.1) is 13.8 Å². The first-order valence-corrected chi connectivity index (χ1v) is 7.43. The van der Waals surface area contributed by atoms with Crippen molar-refractivity contribution in [3.05, 3.63) is 62.5 Å². The lowest BCUT2D eigenvalue weighted by atomic mass is 10.1. The van der Waals surface area contributed by atoms with Crippen LogP contribution in [0.15, 0.2) is 39.6 Å². The third-order valence-electron chi connectivity index (χ3n) is 3.42. The Morgan fingerprint density at radius 1 is 1.30 bits per heavy atom. The molecule has 2 heterocycles. The highest BCUT2D eigenvalue weighted by atomic mass is 35.5. The molecule has 0 spiro atoms. The fraction of sp³-hybridized carbons (Fsp3) is 0.188. The second-order valence-electron chi connectivity index (χ2n) is 5.23. The van der Waals surface area contributed by atoms with Crippen LogP contribution in [0.25, 0.3) is 11.4 Å². The fourth-order valence-electron chi connectivity index (χ4n) is 2.31. The van der Waals surface area contributed by atoms with Crippen molar-refractivity contribution in [2.45, 2.75) is 20.4 Å². The Morgan fingerprint density at radius 3 is 2.87 bits per heavy atom. The van der Waals surface area contributed by atoms with E-state index >= 15 is 0 Å². The van der Waals surface area contributed by atoms with Crippen LogP contribution in [0.4, 0.5) is 6.01 Å². The molecule has 0 amide bonds. The average Bonchev–Trinajstić information content (AvgIpc) is 2.95. The highest BCUT2D eigenvalue weighted by molar-refractivity contribution is 6.30. The lowest BCUT2D eigenvalue weighted by Crippen LogP contribution is -2.18. The maximum atomic E-state index is 12.0. The van der Waals surface area contributed by atoms with Crippen LogP contribution < -0.4 is 10.9 Å². The standard InChI is InChI=1S/C16H15ClN4O2/c1-9-6-10(2)19-15(22)13(9)8-18-16-20-14(21-23-16)11-4-3-5-12(17)7-11/h3-7H,8H2,1-2H3,(H,19,22)(H,18,20,21). The normalized spacial score (nSPS) is 10.7. The van der Waals surface area contributed by atoms with Gasteiger partial charge in [0.05, 0.1) is 6.54 Å². The molecule has 3 aromatic rings. The number of hydrogen-bond acceptors (Lipinski definition) is 5. The van der Waals surface area contributed by atoms with E-state index in [2.05, 4.69) is 20.4 Å². The lowest BCUT2D eigenvalue weighted by Gasteiger charge is -2.05. The summed E-state index contributed by atoms with van der Waals surface area (Å²) in [6.45, 7) is 4.05. The van der Waals surface area contributed by atoms with Gasteiger partial charge in [-0.15, -0.1) is 0 Å². The van der Waals surface area contributed by atoms with Crippen LogP contribution in [0.5, 0.6) is 0 Å². The molecule has 0 radical (unpaired) electrons. The molecular weight excluding hydrogens is 316 g/mol. The van der Waals surface area contributed by atoms with E-state index in [9.17, 15) is 4.79 Å². The minimum absolute atomic E-state index is 0.121. The molecule has 1 aromatic carbocycles. The van der Waals surface area contributed by atoms with Gasteiger partial charge in [0.1, 0.15) is 0 Å². The zero-order valence-corrected chi connectivity index (χ0v) is 13.4. The molecule has 0 atom stereocenters. The summed E-state index contributed by atoms with van der Waals surface area (Å²) >= 11 is 5.95. The number of pyridine rings is 1. The summed E-state index contributed by atoms with van der Waals surface area (Å²) in [5, 5.41) is 7.48. The van der Waals surface area contributed by atoms with Crippen molar-refractivity contribution in [2.24, 2.45) is 0 Å². The summed E-state index contributed by atoms with van der Waals surface area (Å²) in [7, 11) is 0. The number of nitrogens with zero attached hydrogens (tertiary/aromatic N) is 2. The van der Waals surface area contributed by atoms with Gasteiger partial charge in [-0.1, -0.05) is 28.9 Å².